The number of carbonyl (C=O) groups is 1. The standard InChI is InChI=1S/C16H17ClO/c1-16(2)10-13(9-15(18)11-16)7-6-12-4-3-5-14(17)8-12/h3-9H,10-11H2,1-2H3/b7-6+. The molecule has 0 unspecified atom stereocenters. The number of hydrogen-bond acceptors (Lipinski definition) is 1. The third-order valence-corrected chi connectivity index (χ3v) is 3.26. The lowest BCUT2D eigenvalue weighted by Gasteiger charge is -2.27. The topological polar surface area (TPSA) is 17.1 Å². The molecule has 2 rings (SSSR count). The zero-order chi connectivity index (χ0) is 13.2. The van der Waals surface area contributed by atoms with Crippen molar-refractivity contribution in [1.29, 1.82) is 0 Å². The highest BCUT2D eigenvalue weighted by atomic mass is 35.5. The van der Waals surface area contributed by atoms with Gasteiger partial charge in [-0.3, -0.25) is 4.79 Å². The van der Waals surface area contributed by atoms with Gasteiger partial charge in [0.15, 0.2) is 5.78 Å². The summed E-state index contributed by atoms with van der Waals surface area (Å²) in [7, 11) is 0. The fraction of sp³-hybridized carbons (Fsp3) is 0.312. The van der Waals surface area contributed by atoms with Crippen molar-refractivity contribution in [2.75, 3.05) is 0 Å². The lowest BCUT2D eigenvalue weighted by Crippen LogP contribution is -2.21. The molecule has 0 radical (unpaired) electrons. The van der Waals surface area contributed by atoms with E-state index in [1.807, 2.05) is 36.4 Å². The van der Waals surface area contributed by atoms with Crippen LogP contribution in [0.1, 0.15) is 32.3 Å². The van der Waals surface area contributed by atoms with E-state index in [4.69, 9.17) is 11.6 Å². The van der Waals surface area contributed by atoms with E-state index >= 15 is 0 Å². The molecule has 0 aliphatic heterocycles. The summed E-state index contributed by atoms with van der Waals surface area (Å²) in [4.78, 5) is 11.6. The minimum atomic E-state index is 0.0693. The number of ketones is 1. The maximum atomic E-state index is 11.6. The fourth-order valence-corrected chi connectivity index (χ4v) is 2.51. The summed E-state index contributed by atoms with van der Waals surface area (Å²) in [6.45, 7) is 4.26. The van der Waals surface area contributed by atoms with Gasteiger partial charge in [0.25, 0.3) is 0 Å². The van der Waals surface area contributed by atoms with Crippen LogP contribution in [0.25, 0.3) is 6.08 Å². The molecule has 0 heterocycles. The summed E-state index contributed by atoms with van der Waals surface area (Å²) in [5.74, 6) is 0.219. The Hall–Kier alpha value is -1.34. The molecule has 0 fully saturated rings. The predicted octanol–water partition coefficient (Wildman–Crippen LogP) is 4.67. The van der Waals surface area contributed by atoms with Gasteiger partial charge < -0.3 is 0 Å². The van der Waals surface area contributed by atoms with Crippen LogP contribution in [0.4, 0.5) is 0 Å². The third-order valence-electron chi connectivity index (χ3n) is 3.02. The fourth-order valence-electron chi connectivity index (χ4n) is 2.32. The normalized spacial score (nSPS) is 19.1. The van der Waals surface area contributed by atoms with Gasteiger partial charge in [0.2, 0.25) is 0 Å². The summed E-state index contributed by atoms with van der Waals surface area (Å²) >= 11 is 5.93. The summed E-state index contributed by atoms with van der Waals surface area (Å²) in [6.07, 6.45) is 7.36. The smallest absolute Gasteiger partial charge is 0.156 e. The van der Waals surface area contributed by atoms with Gasteiger partial charge in [-0.25, -0.2) is 0 Å². The van der Waals surface area contributed by atoms with Crippen molar-refractivity contribution in [3.63, 3.8) is 0 Å². The Labute approximate surface area is 113 Å². The van der Waals surface area contributed by atoms with Crippen LogP contribution in [0.3, 0.4) is 0 Å². The van der Waals surface area contributed by atoms with Gasteiger partial charge in [0.1, 0.15) is 0 Å². The van der Waals surface area contributed by atoms with Crippen molar-refractivity contribution in [3.8, 4) is 0 Å². The van der Waals surface area contributed by atoms with Crippen LogP contribution in [-0.2, 0) is 4.79 Å². The molecule has 1 aromatic rings. The molecule has 94 valence electrons. The molecule has 2 heteroatoms. The van der Waals surface area contributed by atoms with Gasteiger partial charge in [0.05, 0.1) is 0 Å². The average molecular weight is 261 g/mol. The molecular formula is C16H17ClO. The Morgan fingerprint density at radius 2 is 2.00 bits per heavy atom. The van der Waals surface area contributed by atoms with Crippen molar-refractivity contribution < 1.29 is 4.79 Å². The first-order valence-electron chi connectivity index (χ1n) is 6.12. The number of benzene rings is 1. The molecule has 0 N–H and O–H groups in total. The van der Waals surface area contributed by atoms with Crippen LogP contribution in [-0.4, -0.2) is 5.78 Å². The number of hydrogen-bond donors (Lipinski definition) is 0. The molecule has 1 aliphatic carbocycles. The first-order valence-corrected chi connectivity index (χ1v) is 6.49. The van der Waals surface area contributed by atoms with E-state index in [9.17, 15) is 4.79 Å². The summed E-state index contributed by atoms with van der Waals surface area (Å²) in [5, 5.41) is 0.728. The lowest BCUT2D eigenvalue weighted by molar-refractivity contribution is -0.116. The predicted molar refractivity (Wildman–Crippen MR) is 76.6 cm³/mol. The molecule has 0 atom stereocenters. The first-order chi connectivity index (χ1) is 8.44. The van der Waals surface area contributed by atoms with E-state index in [2.05, 4.69) is 13.8 Å². The van der Waals surface area contributed by atoms with E-state index in [0.717, 1.165) is 22.6 Å². The van der Waals surface area contributed by atoms with Crippen LogP contribution < -0.4 is 0 Å². The third kappa shape index (κ3) is 3.58. The largest absolute Gasteiger partial charge is 0.295 e. The number of allylic oxidation sites excluding steroid dienone is 3. The summed E-state index contributed by atoms with van der Waals surface area (Å²) in [5.41, 5.74) is 2.22. The summed E-state index contributed by atoms with van der Waals surface area (Å²) in [6, 6.07) is 7.69. The minimum Gasteiger partial charge on any atom is -0.295 e. The van der Waals surface area contributed by atoms with Gasteiger partial charge in [-0.05, 0) is 41.2 Å². The average Bonchev–Trinajstić information content (AvgIpc) is 2.24. The molecule has 1 aliphatic rings. The SMILES string of the molecule is CC1(C)CC(=O)C=C(/C=C/c2cccc(Cl)c2)C1. The summed E-state index contributed by atoms with van der Waals surface area (Å²) < 4.78 is 0. The molecule has 0 aromatic heterocycles. The molecule has 0 spiro atoms. The van der Waals surface area contributed by atoms with Crippen LogP contribution in [0, 0.1) is 5.41 Å². The highest BCUT2D eigenvalue weighted by molar-refractivity contribution is 6.30. The molecule has 1 nitrogen and oxygen atoms in total. The van der Waals surface area contributed by atoms with E-state index in [-0.39, 0.29) is 11.2 Å². The Balaban J connectivity index is 2.16. The van der Waals surface area contributed by atoms with Gasteiger partial charge in [0, 0.05) is 11.4 Å². The van der Waals surface area contributed by atoms with Crippen LogP contribution >= 0.6 is 11.6 Å². The molecule has 1 aromatic carbocycles. The van der Waals surface area contributed by atoms with Gasteiger partial charge in [-0.15, -0.1) is 0 Å². The molecule has 0 amide bonds. The second-order valence-electron chi connectivity index (χ2n) is 5.59. The lowest BCUT2D eigenvalue weighted by atomic mass is 9.77. The number of carbonyl (C=O) groups excluding carboxylic acids is 1. The second-order valence-corrected chi connectivity index (χ2v) is 6.03. The van der Waals surface area contributed by atoms with Crippen molar-refractivity contribution >= 4 is 23.5 Å². The van der Waals surface area contributed by atoms with E-state index in [1.165, 1.54) is 0 Å². The van der Waals surface area contributed by atoms with Crippen LogP contribution in [0.5, 0.6) is 0 Å². The van der Waals surface area contributed by atoms with Crippen molar-refractivity contribution in [2.24, 2.45) is 5.41 Å². The van der Waals surface area contributed by atoms with E-state index in [1.54, 1.807) is 6.08 Å². The zero-order valence-corrected chi connectivity index (χ0v) is 11.5. The molecular weight excluding hydrogens is 244 g/mol. The highest BCUT2D eigenvalue weighted by Gasteiger charge is 2.26. The molecule has 0 bridgehead atoms. The van der Waals surface area contributed by atoms with Gasteiger partial charge >= 0.3 is 0 Å². The number of rotatable bonds is 2. The van der Waals surface area contributed by atoms with Crippen molar-refractivity contribution in [1.82, 2.24) is 0 Å². The highest BCUT2D eigenvalue weighted by Crippen LogP contribution is 2.34. The van der Waals surface area contributed by atoms with Crippen molar-refractivity contribution in [3.05, 3.63) is 52.6 Å². The minimum absolute atomic E-state index is 0.0693. The van der Waals surface area contributed by atoms with Crippen molar-refractivity contribution in [2.45, 2.75) is 26.7 Å². The number of halogens is 1. The van der Waals surface area contributed by atoms with Crippen LogP contribution in [0.15, 0.2) is 42.0 Å². The maximum absolute atomic E-state index is 11.6. The van der Waals surface area contributed by atoms with E-state index < -0.39 is 0 Å². The van der Waals surface area contributed by atoms with Gasteiger partial charge in [-0.1, -0.05) is 49.7 Å². The Morgan fingerprint density at radius 1 is 1.22 bits per heavy atom. The first kappa shape index (κ1) is 13.1. The van der Waals surface area contributed by atoms with E-state index in [0.29, 0.717) is 6.42 Å². The Bertz CT molecular complexity index is 524. The Kier molecular flexibility index (Phi) is 3.72. The second kappa shape index (κ2) is 5.11. The quantitative estimate of drug-likeness (QED) is 0.755. The monoisotopic (exact) mass is 260 g/mol. The maximum Gasteiger partial charge on any atom is 0.156 e. The molecule has 18 heavy (non-hydrogen) atoms. The zero-order valence-electron chi connectivity index (χ0n) is 10.7. The van der Waals surface area contributed by atoms with Gasteiger partial charge in [-0.2, -0.15) is 0 Å². The molecule has 0 saturated heterocycles. The molecule has 0 saturated carbocycles. The van der Waals surface area contributed by atoms with Crippen LogP contribution in [0.2, 0.25) is 5.02 Å². The Morgan fingerprint density at radius 3 is 2.67 bits per heavy atom.